The number of hydrogen-bond donors (Lipinski definition) is 1. The van der Waals surface area contributed by atoms with Crippen LogP contribution in [0.1, 0.15) is 78.6 Å². The van der Waals surface area contributed by atoms with Gasteiger partial charge in [-0.05, 0) is 87.0 Å². The minimum atomic E-state index is 0.745. The molecule has 20 heavy (non-hydrogen) atoms. The SMILES string of the molecule is CCNC(CC(C)CC)CC12CC3CC(CC(C3)C1)C2. The van der Waals surface area contributed by atoms with Gasteiger partial charge < -0.3 is 5.32 Å². The molecular formula is C19H35N. The van der Waals surface area contributed by atoms with Crippen molar-refractivity contribution in [3.8, 4) is 0 Å². The fraction of sp³-hybridized carbons (Fsp3) is 1.00. The molecule has 4 rings (SSSR count). The lowest BCUT2D eigenvalue weighted by atomic mass is 9.48. The summed E-state index contributed by atoms with van der Waals surface area (Å²) in [5.74, 6) is 4.19. The first-order valence-electron chi connectivity index (χ1n) is 9.36. The van der Waals surface area contributed by atoms with Crippen LogP contribution < -0.4 is 5.32 Å². The second-order valence-corrected chi connectivity index (χ2v) is 8.63. The van der Waals surface area contributed by atoms with Crippen LogP contribution in [0.25, 0.3) is 0 Å². The maximum atomic E-state index is 3.82. The summed E-state index contributed by atoms with van der Waals surface area (Å²) in [7, 11) is 0. The smallest absolute Gasteiger partial charge is 0.00747 e. The van der Waals surface area contributed by atoms with E-state index < -0.39 is 0 Å². The zero-order valence-electron chi connectivity index (χ0n) is 14.0. The van der Waals surface area contributed by atoms with Crippen LogP contribution in [0.3, 0.4) is 0 Å². The van der Waals surface area contributed by atoms with E-state index in [2.05, 4.69) is 26.1 Å². The Morgan fingerprint density at radius 1 is 1.00 bits per heavy atom. The third-order valence-corrected chi connectivity index (χ3v) is 6.72. The van der Waals surface area contributed by atoms with Crippen LogP contribution in [0.15, 0.2) is 0 Å². The molecule has 0 heterocycles. The van der Waals surface area contributed by atoms with Crippen molar-refractivity contribution in [3.63, 3.8) is 0 Å². The highest BCUT2D eigenvalue weighted by Crippen LogP contribution is 2.61. The Morgan fingerprint density at radius 2 is 1.55 bits per heavy atom. The van der Waals surface area contributed by atoms with Crippen molar-refractivity contribution in [2.45, 2.75) is 84.6 Å². The zero-order valence-corrected chi connectivity index (χ0v) is 14.0. The minimum Gasteiger partial charge on any atom is -0.314 e. The van der Waals surface area contributed by atoms with Crippen LogP contribution in [-0.2, 0) is 0 Å². The van der Waals surface area contributed by atoms with E-state index >= 15 is 0 Å². The van der Waals surface area contributed by atoms with Crippen molar-refractivity contribution < 1.29 is 0 Å². The second kappa shape index (κ2) is 5.99. The van der Waals surface area contributed by atoms with Crippen molar-refractivity contribution in [2.75, 3.05) is 6.54 Å². The summed E-state index contributed by atoms with van der Waals surface area (Å²) >= 11 is 0. The van der Waals surface area contributed by atoms with Crippen LogP contribution in [0.4, 0.5) is 0 Å². The van der Waals surface area contributed by atoms with Crippen molar-refractivity contribution in [1.82, 2.24) is 5.32 Å². The van der Waals surface area contributed by atoms with Crippen molar-refractivity contribution in [1.29, 1.82) is 0 Å². The third-order valence-electron chi connectivity index (χ3n) is 6.72. The fourth-order valence-electron chi connectivity index (χ4n) is 6.24. The van der Waals surface area contributed by atoms with E-state index in [1.165, 1.54) is 19.3 Å². The lowest BCUT2D eigenvalue weighted by molar-refractivity contribution is -0.0628. The molecule has 0 radical (unpaired) electrons. The second-order valence-electron chi connectivity index (χ2n) is 8.63. The number of rotatable bonds is 7. The maximum absolute atomic E-state index is 3.82. The Hall–Kier alpha value is -0.0400. The van der Waals surface area contributed by atoms with Crippen LogP contribution in [0, 0.1) is 29.1 Å². The molecule has 1 heteroatoms. The van der Waals surface area contributed by atoms with Gasteiger partial charge in [0.1, 0.15) is 0 Å². The Labute approximate surface area is 126 Å². The lowest BCUT2D eigenvalue weighted by Gasteiger charge is -2.58. The normalized spacial score (nSPS) is 41.9. The van der Waals surface area contributed by atoms with Gasteiger partial charge in [-0.1, -0.05) is 27.2 Å². The average Bonchev–Trinajstić information content (AvgIpc) is 2.36. The highest BCUT2D eigenvalue weighted by atomic mass is 14.9. The molecule has 1 N–H and O–H groups in total. The van der Waals surface area contributed by atoms with Gasteiger partial charge in [0.2, 0.25) is 0 Å². The van der Waals surface area contributed by atoms with E-state index in [-0.39, 0.29) is 0 Å². The highest BCUT2D eigenvalue weighted by Gasteiger charge is 2.51. The molecule has 0 aromatic rings. The standard InChI is InChI=1S/C19H35N/c1-4-14(3)6-18(20-5-2)13-19-10-15-7-16(11-19)9-17(8-15)12-19/h14-18,20H,4-13H2,1-3H3. The van der Waals surface area contributed by atoms with Crippen LogP contribution in [-0.4, -0.2) is 12.6 Å². The first-order valence-corrected chi connectivity index (χ1v) is 9.36. The van der Waals surface area contributed by atoms with E-state index in [9.17, 15) is 0 Å². The predicted molar refractivity (Wildman–Crippen MR) is 86.8 cm³/mol. The average molecular weight is 277 g/mol. The molecule has 4 fully saturated rings. The summed E-state index contributed by atoms with van der Waals surface area (Å²) < 4.78 is 0. The molecule has 4 aliphatic carbocycles. The Kier molecular flexibility index (Phi) is 4.45. The summed E-state index contributed by atoms with van der Waals surface area (Å²) in [5.41, 5.74) is 0.745. The molecular weight excluding hydrogens is 242 g/mol. The largest absolute Gasteiger partial charge is 0.314 e. The molecule has 0 aliphatic heterocycles. The van der Waals surface area contributed by atoms with E-state index in [1.54, 1.807) is 38.5 Å². The van der Waals surface area contributed by atoms with Crippen LogP contribution in [0.5, 0.6) is 0 Å². The molecule has 0 amide bonds. The van der Waals surface area contributed by atoms with E-state index in [0.717, 1.165) is 41.7 Å². The number of hydrogen-bond acceptors (Lipinski definition) is 1. The fourth-order valence-corrected chi connectivity index (χ4v) is 6.24. The maximum Gasteiger partial charge on any atom is 0.00747 e. The summed E-state index contributed by atoms with van der Waals surface area (Å²) in [6.07, 6.45) is 13.7. The molecule has 4 bridgehead atoms. The molecule has 0 spiro atoms. The van der Waals surface area contributed by atoms with Crippen molar-refractivity contribution >= 4 is 0 Å². The van der Waals surface area contributed by atoms with Gasteiger partial charge in [-0.25, -0.2) is 0 Å². The topological polar surface area (TPSA) is 12.0 Å². The first kappa shape index (κ1) is 14.9. The molecule has 4 aliphatic rings. The first-order chi connectivity index (χ1) is 9.62. The van der Waals surface area contributed by atoms with Gasteiger partial charge >= 0.3 is 0 Å². The lowest BCUT2D eigenvalue weighted by Crippen LogP contribution is -2.49. The van der Waals surface area contributed by atoms with Crippen molar-refractivity contribution in [2.24, 2.45) is 29.1 Å². The molecule has 4 saturated carbocycles. The molecule has 0 aromatic heterocycles. The summed E-state index contributed by atoms with van der Waals surface area (Å²) in [4.78, 5) is 0. The van der Waals surface area contributed by atoms with Crippen LogP contribution >= 0.6 is 0 Å². The molecule has 0 aromatic carbocycles. The van der Waals surface area contributed by atoms with Gasteiger partial charge in [-0.3, -0.25) is 0 Å². The zero-order chi connectivity index (χ0) is 14.2. The highest BCUT2D eigenvalue weighted by molar-refractivity contribution is 5.02. The van der Waals surface area contributed by atoms with Gasteiger partial charge in [0.25, 0.3) is 0 Å². The third kappa shape index (κ3) is 3.08. The van der Waals surface area contributed by atoms with Crippen LogP contribution in [0.2, 0.25) is 0 Å². The Morgan fingerprint density at radius 3 is 2.00 bits per heavy atom. The van der Waals surface area contributed by atoms with Gasteiger partial charge in [0, 0.05) is 6.04 Å². The van der Waals surface area contributed by atoms with E-state index in [1.807, 2.05) is 0 Å². The molecule has 1 nitrogen and oxygen atoms in total. The van der Waals surface area contributed by atoms with Crippen molar-refractivity contribution in [3.05, 3.63) is 0 Å². The van der Waals surface area contributed by atoms with Gasteiger partial charge in [0.15, 0.2) is 0 Å². The quantitative estimate of drug-likeness (QED) is 0.690. The minimum absolute atomic E-state index is 0.745. The molecule has 2 unspecified atom stereocenters. The van der Waals surface area contributed by atoms with Gasteiger partial charge in [0.05, 0.1) is 0 Å². The molecule has 116 valence electrons. The molecule has 0 saturated heterocycles. The Balaban J connectivity index is 1.65. The van der Waals surface area contributed by atoms with Gasteiger partial charge in [-0.2, -0.15) is 0 Å². The molecule has 2 atom stereocenters. The van der Waals surface area contributed by atoms with Gasteiger partial charge in [-0.15, -0.1) is 0 Å². The summed E-state index contributed by atoms with van der Waals surface area (Å²) in [6, 6.07) is 0.784. The summed E-state index contributed by atoms with van der Waals surface area (Å²) in [6.45, 7) is 8.21. The Bertz CT molecular complexity index is 286. The summed E-state index contributed by atoms with van der Waals surface area (Å²) in [5, 5.41) is 3.82. The predicted octanol–water partition coefficient (Wildman–Crippen LogP) is 5.01. The van der Waals surface area contributed by atoms with E-state index in [4.69, 9.17) is 0 Å². The monoisotopic (exact) mass is 277 g/mol. The number of nitrogens with one attached hydrogen (secondary N) is 1. The van der Waals surface area contributed by atoms with E-state index in [0.29, 0.717) is 0 Å².